The lowest BCUT2D eigenvalue weighted by atomic mass is 10.2. The van der Waals surface area contributed by atoms with Gasteiger partial charge in [0.15, 0.2) is 11.5 Å². The van der Waals surface area contributed by atoms with Gasteiger partial charge in [0.2, 0.25) is 0 Å². The zero-order chi connectivity index (χ0) is 15.9. The predicted octanol–water partition coefficient (Wildman–Crippen LogP) is 1.72. The third-order valence-electron chi connectivity index (χ3n) is 3.59. The van der Waals surface area contributed by atoms with Crippen molar-refractivity contribution in [3.63, 3.8) is 0 Å². The van der Waals surface area contributed by atoms with Gasteiger partial charge in [-0.3, -0.25) is 0 Å². The summed E-state index contributed by atoms with van der Waals surface area (Å²) >= 11 is 0. The van der Waals surface area contributed by atoms with Crippen molar-refractivity contribution in [2.45, 2.75) is 13.0 Å². The number of urea groups is 1. The van der Waals surface area contributed by atoms with Crippen LogP contribution in [0, 0.1) is 0 Å². The van der Waals surface area contributed by atoms with Gasteiger partial charge < -0.3 is 25.0 Å². The van der Waals surface area contributed by atoms with E-state index in [-0.39, 0.29) is 6.03 Å². The lowest BCUT2D eigenvalue weighted by Gasteiger charge is -2.22. The Labute approximate surface area is 131 Å². The van der Waals surface area contributed by atoms with E-state index in [4.69, 9.17) is 9.47 Å². The van der Waals surface area contributed by atoms with Gasteiger partial charge in [-0.1, -0.05) is 12.1 Å². The molecule has 1 aromatic rings. The molecule has 0 bridgehead atoms. The largest absolute Gasteiger partial charge is 0.493 e. The average molecular weight is 305 g/mol. The van der Waals surface area contributed by atoms with Gasteiger partial charge in [-0.2, -0.15) is 0 Å². The fourth-order valence-electron chi connectivity index (χ4n) is 2.25. The van der Waals surface area contributed by atoms with E-state index in [1.807, 2.05) is 24.3 Å². The lowest BCUT2D eigenvalue weighted by molar-refractivity contribution is 0.241. The molecule has 1 heterocycles. The van der Waals surface area contributed by atoms with Gasteiger partial charge in [-0.05, 0) is 24.7 Å². The van der Waals surface area contributed by atoms with Gasteiger partial charge in [0.25, 0.3) is 0 Å². The van der Waals surface area contributed by atoms with E-state index < -0.39 is 0 Å². The molecular formula is C16H23N3O3. The Morgan fingerprint density at radius 3 is 2.68 bits per heavy atom. The zero-order valence-electron chi connectivity index (χ0n) is 13.3. The Kier molecular flexibility index (Phi) is 5.66. The molecular weight excluding hydrogens is 282 g/mol. The summed E-state index contributed by atoms with van der Waals surface area (Å²) in [6.07, 6.45) is 2.90. The second-order valence-electron chi connectivity index (χ2n) is 5.24. The first-order valence-electron chi connectivity index (χ1n) is 7.25. The van der Waals surface area contributed by atoms with E-state index in [1.54, 1.807) is 14.2 Å². The maximum absolute atomic E-state index is 11.9. The normalized spacial score (nSPS) is 15.0. The molecule has 0 unspecified atom stereocenters. The number of rotatable bonds is 5. The van der Waals surface area contributed by atoms with Crippen molar-refractivity contribution in [3.05, 3.63) is 35.5 Å². The average Bonchev–Trinajstić information content (AvgIpc) is 2.54. The Bertz CT molecular complexity index is 558. The predicted molar refractivity (Wildman–Crippen MR) is 85.1 cm³/mol. The third-order valence-corrected chi connectivity index (χ3v) is 3.59. The summed E-state index contributed by atoms with van der Waals surface area (Å²) < 4.78 is 10.4. The topological polar surface area (TPSA) is 62.8 Å². The molecule has 0 radical (unpaired) electrons. The molecule has 2 amide bonds. The molecule has 2 N–H and O–H groups in total. The molecule has 0 aliphatic carbocycles. The standard InChI is InChI=1S/C16H23N3O3/c1-19-8-6-13(7-9-19)18-16(20)17-11-12-4-5-14(21-2)15(10-12)22-3/h4-6,10H,7-9,11H2,1-3H3,(H2,17,18,20). The van der Waals surface area contributed by atoms with Crippen LogP contribution >= 0.6 is 0 Å². The first-order valence-corrected chi connectivity index (χ1v) is 7.25. The minimum absolute atomic E-state index is 0.189. The fraction of sp³-hybridized carbons (Fsp3) is 0.438. The molecule has 120 valence electrons. The summed E-state index contributed by atoms with van der Waals surface area (Å²) in [7, 11) is 5.25. The molecule has 0 spiro atoms. The number of amides is 2. The monoisotopic (exact) mass is 305 g/mol. The van der Waals surface area contributed by atoms with Gasteiger partial charge in [0, 0.05) is 31.8 Å². The van der Waals surface area contributed by atoms with Crippen molar-refractivity contribution in [2.75, 3.05) is 34.4 Å². The summed E-state index contributed by atoms with van der Waals surface area (Å²) in [4.78, 5) is 14.1. The highest BCUT2D eigenvalue weighted by Gasteiger charge is 2.10. The molecule has 2 rings (SSSR count). The number of likely N-dealkylation sites (N-methyl/N-ethyl adjacent to an activating group) is 1. The first-order chi connectivity index (χ1) is 10.6. The van der Waals surface area contributed by atoms with Gasteiger partial charge in [0.1, 0.15) is 0 Å². The summed E-state index contributed by atoms with van der Waals surface area (Å²) in [6.45, 7) is 2.26. The van der Waals surface area contributed by atoms with E-state index in [0.717, 1.165) is 30.8 Å². The third kappa shape index (κ3) is 4.39. The second kappa shape index (κ2) is 7.70. The Hall–Kier alpha value is -2.21. The van der Waals surface area contributed by atoms with Crippen molar-refractivity contribution >= 4 is 6.03 Å². The summed E-state index contributed by atoms with van der Waals surface area (Å²) in [5.74, 6) is 1.33. The number of hydrogen-bond donors (Lipinski definition) is 2. The molecule has 6 nitrogen and oxygen atoms in total. The van der Waals surface area contributed by atoms with Gasteiger partial charge in [0.05, 0.1) is 14.2 Å². The molecule has 1 aromatic carbocycles. The quantitative estimate of drug-likeness (QED) is 0.869. The van der Waals surface area contributed by atoms with Crippen LogP contribution in [0.4, 0.5) is 4.79 Å². The van der Waals surface area contributed by atoms with Crippen molar-refractivity contribution in [2.24, 2.45) is 0 Å². The molecule has 6 heteroatoms. The van der Waals surface area contributed by atoms with Crippen LogP contribution < -0.4 is 20.1 Å². The Morgan fingerprint density at radius 2 is 2.05 bits per heavy atom. The number of ether oxygens (including phenoxy) is 2. The second-order valence-corrected chi connectivity index (χ2v) is 5.24. The highest BCUT2D eigenvalue weighted by atomic mass is 16.5. The minimum atomic E-state index is -0.189. The van der Waals surface area contributed by atoms with Crippen LogP contribution in [-0.2, 0) is 6.54 Å². The maximum atomic E-state index is 11.9. The number of nitrogens with one attached hydrogen (secondary N) is 2. The number of carbonyl (C=O) groups is 1. The van der Waals surface area contributed by atoms with Crippen LogP contribution in [-0.4, -0.2) is 45.3 Å². The number of hydrogen-bond acceptors (Lipinski definition) is 4. The smallest absolute Gasteiger partial charge is 0.319 e. The van der Waals surface area contributed by atoms with Crippen molar-refractivity contribution in [1.29, 1.82) is 0 Å². The van der Waals surface area contributed by atoms with Crippen LogP contribution in [0.25, 0.3) is 0 Å². The molecule has 0 fully saturated rings. The summed E-state index contributed by atoms with van der Waals surface area (Å²) in [5, 5.41) is 5.73. The van der Waals surface area contributed by atoms with E-state index in [0.29, 0.717) is 18.0 Å². The van der Waals surface area contributed by atoms with Crippen LogP contribution in [0.3, 0.4) is 0 Å². The number of benzene rings is 1. The Balaban J connectivity index is 1.86. The molecule has 0 saturated carbocycles. The number of carbonyl (C=O) groups excluding carboxylic acids is 1. The van der Waals surface area contributed by atoms with Crippen LogP contribution in [0.15, 0.2) is 30.0 Å². The summed E-state index contributed by atoms with van der Waals surface area (Å²) in [6, 6.07) is 5.39. The number of methoxy groups -OCH3 is 2. The SMILES string of the molecule is COc1ccc(CNC(=O)NC2=CCN(C)CC2)cc1OC. The molecule has 0 saturated heterocycles. The minimum Gasteiger partial charge on any atom is -0.493 e. The van der Waals surface area contributed by atoms with E-state index in [9.17, 15) is 4.79 Å². The molecule has 1 aliphatic heterocycles. The molecule has 1 aliphatic rings. The highest BCUT2D eigenvalue weighted by Crippen LogP contribution is 2.27. The lowest BCUT2D eigenvalue weighted by Crippen LogP contribution is -2.37. The fourth-order valence-corrected chi connectivity index (χ4v) is 2.25. The van der Waals surface area contributed by atoms with Gasteiger partial charge in [-0.15, -0.1) is 0 Å². The molecule has 0 atom stereocenters. The first kappa shape index (κ1) is 16.2. The van der Waals surface area contributed by atoms with E-state index >= 15 is 0 Å². The van der Waals surface area contributed by atoms with Crippen LogP contribution in [0.2, 0.25) is 0 Å². The molecule has 0 aromatic heterocycles. The van der Waals surface area contributed by atoms with Crippen molar-refractivity contribution < 1.29 is 14.3 Å². The zero-order valence-corrected chi connectivity index (χ0v) is 13.3. The number of nitrogens with zero attached hydrogens (tertiary/aromatic N) is 1. The maximum Gasteiger partial charge on any atom is 0.319 e. The summed E-state index contributed by atoms with van der Waals surface area (Å²) in [5.41, 5.74) is 1.92. The van der Waals surface area contributed by atoms with E-state index in [1.165, 1.54) is 0 Å². The highest BCUT2D eigenvalue weighted by molar-refractivity contribution is 5.75. The van der Waals surface area contributed by atoms with Gasteiger partial charge >= 0.3 is 6.03 Å². The van der Waals surface area contributed by atoms with Crippen molar-refractivity contribution in [3.8, 4) is 11.5 Å². The Morgan fingerprint density at radius 1 is 1.27 bits per heavy atom. The molecule has 22 heavy (non-hydrogen) atoms. The van der Waals surface area contributed by atoms with Crippen LogP contribution in [0.1, 0.15) is 12.0 Å². The van der Waals surface area contributed by atoms with Gasteiger partial charge in [-0.25, -0.2) is 4.79 Å². The van der Waals surface area contributed by atoms with Crippen LogP contribution in [0.5, 0.6) is 11.5 Å². The van der Waals surface area contributed by atoms with E-state index in [2.05, 4.69) is 22.6 Å². The van der Waals surface area contributed by atoms with Crippen molar-refractivity contribution in [1.82, 2.24) is 15.5 Å².